The predicted molar refractivity (Wildman–Crippen MR) is 160 cm³/mol. The molecule has 0 radical (unpaired) electrons. The zero-order valence-corrected chi connectivity index (χ0v) is 25.4. The van der Waals surface area contributed by atoms with E-state index >= 15 is 0 Å². The van der Waals surface area contributed by atoms with Gasteiger partial charge >= 0.3 is 0 Å². The van der Waals surface area contributed by atoms with Crippen molar-refractivity contribution in [2.75, 3.05) is 19.8 Å². The minimum Gasteiger partial charge on any atom is -0.504 e. The predicted octanol–water partition coefficient (Wildman–Crippen LogP) is 10.3. The lowest BCUT2D eigenvalue weighted by atomic mass is 10.0. The Morgan fingerprint density at radius 3 is 1.24 bits per heavy atom. The Bertz CT molecular complexity index is 703. The number of hydrogen-bond donors (Lipinski definition) is 2. The van der Waals surface area contributed by atoms with E-state index in [1.807, 2.05) is 0 Å². The van der Waals surface area contributed by atoms with Crippen molar-refractivity contribution < 1.29 is 24.4 Å². The first kappa shape index (κ1) is 34.2. The molecule has 38 heavy (non-hydrogen) atoms. The number of aromatic hydroxyl groups is 2. The second-order valence-electron chi connectivity index (χ2n) is 10.8. The van der Waals surface area contributed by atoms with Crippen LogP contribution in [0.5, 0.6) is 28.7 Å². The lowest BCUT2D eigenvalue weighted by molar-refractivity contribution is 0.223. The van der Waals surface area contributed by atoms with E-state index in [4.69, 9.17) is 14.2 Å². The van der Waals surface area contributed by atoms with Gasteiger partial charge in [-0.1, -0.05) is 124 Å². The van der Waals surface area contributed by atoms with Gasteiger partial charge in [-0.2, -0.15) is 0 Å². The van der Waals surface area contributed by atoms with Crippen LogP contribution in [0.25, 0.3) is 0 Å². The van der Waals surface area contributed by atoms with Gasteiger partial charge in [0.1, 0.15) is 0 Å². The maximum absolute atomic E-state index is 11.1. The molecule has 0 saturated carbocycles. The monoisotopic (exact) mass is 536 g/mol. The zero-order valence-electron chi connectivity index (χ0n) is 25.4. The number of ether oxygens (including phenoxy) is 3. The van der Waals surface area contributed by atoms with Gasteiger partial charge in [-0.05, 0) is 32.1 Å². The molecular weight excluding hydrogens is 476 g/mol. The van der Waals surface area contributed by atoms with E-state index in [0.29, 0.717) is 43.3 Å². The Kier molecular flexibility index (Phi) is 20.9. The Hall–Kier alpha value is -1.78. The van der Waals surface area contributed by atoms with Gasteiger partial charge in [0.25, 0.3) is 0 Å². The molecule has 0 saturated heterocycles. The average molecular weight is 537 g/mol. The summed E-state index contributed by atoms with van der Waals surface area (Å²) in [5, 5.41) is 22.2. The summed E-state index contributed by atoms with van der Waals surface area (Å²) in [6.45, 7) is 10.4. The minimum atomic E-state index is -0.208. The van der Waals surface area contributed by atoms with E-state index in [9.17, 15) is 10.2 Å². The van der Waals surface area contributed by atoms with E-state index in [1.165, 1.54) is 57.8 Å². The number of unbranched alkanes of at least 4 members (excludes halogenated alkanes) is 15. The standard InChI is InChI=1S/C33H60O5/c1-5-9-13-17-18-19-20-24-28-29(34)30(35)32(37-26-22-15-11-7-3)33(38-27-23-16-12-8-4)31(28)36-25-21-14-10-6-2/h34-35H,5-27H2,1-4H3. The molecule has 0 atom stereocenters. The van der Waals surface area contributed by atoms with E-state index in [2.05, 4.69) is 27.7 Å². The molecule has 222 valence electrons. The minimum absolute atomic E-state index is 0.110. The first-order valence-electron chi connectivity index (χ1n) is 16.1. The molecule has 0 bridgehead atoms. The quantitative estimate of drug-likeness (QED) is 0.0910. The second kappa shape index (κ2) is 23.1. The smallest absolute Gasteiger partial charge is 0.211 e. The Balaban J connectivity index is 3.14. The van der Waals surface area contributed by atoms with Crippen LogP contribution in [-0.4, -0.2) is 30.0 Å². The summed E-state index contributed by atoms with van der Waals surface area (Å²) in [6.07, 6.45) is 22.1. The van der Waals surface area contributed by atoms with Crippen molar-refractivity contribution in [1.29, 1.82) is 0 Å². The highest BCUT2D eigenvalue weighted by atomic mass is 16.5. The topological polar surface area (TPSA) is 68.2 Å². The molecule has 1 aromatic carbocycles. The van der Waals surface area contributed by atoms with Crippen molar-refractivity contribution >= 4 is 0 Å². The van der Waals surface area contributed by atoms with Gasteiger partial charge in [-0.25, -0.2) is 0 Å². The molecule has 5 heteroatoms. The van der Waals surface area contributed by atoms with Gasteiger partial charge < -0.3 is 24.4 Å². The summed E-state index contributed by atoms with van der Waals surface area (Å²) >= 11 is 0. The van der Waals surface area contributed by atoms with Crippen LogP contribution >= 0.6 is 0 Å². The zero-order chi connectivity index (χ0) is 27.8. The van der Waals surface area contributed by atoms with Crippen molar-refractivity contribution in [2.24, 2.45) is 0 Å². The third-order valence-electron chi connectivity index (χ3n) is 7.17. The van der Waals surface area contributed by atoms with Crippen molar-refractivity contribution in [3.05, 3.63) is 5.56 Å². The highest BCUT2D eigenvalue weighted by molar-refractivity contribution is 5.69. The fraction of sp³-hybridized carbons (Fsp3) is 0.818. The van der Waals surface area contributed by atoms with Crippen LogP contribution in [0.15, 0.2) is 0 Å². The van der Waals surface area contributed by atoms with E-state index in [0.717, 1.165) is 64.2 Å². The lowest BCUT2D eigenvalue weighted by Gasteiger charge is -2.22. The SMILES string of the molecule is CCCCCCCCCc1c(O)c(O)c(OCCCCCC)c(OCCCCCC)c1OCCCCCC. The molecule has 1 aromatic rings. The van der Waals surface area contributed by atoms with Crippen molar-refractivity contribution in [3.63, 3.8) is 0 Å². The summed E-state index contributed by atoms with van der Waals surface area (Å²) in [6, 6.07) is 0. The third-order valence-corrected chi connectivity index (χ3v) is 7.17. The Labute approximate surface area is 234 Å². The number of phenolic OH excluding ortho intramolecular Hbond substituents is 2. The van der Waals surface area contributed by atoms with Crippen molar-refractivity contribution in [2.45, 2.75) is 156 Å². The van der Waals surface area contributed by atoms with Gasteiger partial charge in [0, 0.05) is 5.56 Å². The molecule has 0 heterocycles. The fourth-order valence-corrected chi connectivity index (χ4v) is 4.72. The van der Waals surface area contributed by atoms with Crippen LogP contribution in [0.3, 0.4) is 0 Å². The van der Waals surface area contributed by atoms with Crippen molar-refractivity contribution in [1.82, 2.24) is 0 Å². The van der Waals surface area contributed by atoms with Crippen LogP contribution in [0.4, 0.5) is 0 Å². The maximum Gasteiger partial charge on any atom is 0.211 e. The summed E-state index contributed by atoms with van der Waals surface area (Å²) in [5.41, 5.74) is 0.661. The van der Waals surface area contributed by atoms with E-state index in [1.54, 1.807) is 0 Å². The van der Waals surface area contributed by atoms with Gasteiger partial charge in [0.2, 0.25) is 17.2 Å². The number of benzene rings is 1. The molecule has 0 aromatic heterocycles. The molecule has 0 fully saturated rings. The van der Waals surface area contributed by atoms with Crippen LogP contribution in [-0.2, 0) is 6.42 Å². The Morgan fingerprint density at radius 2 is 0.763 bits per heavy atom. The molecule has 5 nitrogen and oxygen atoms in total. The maximum atomic E-state index is 11.1. The highest BCUT2D eigenvalue weighted by Gasteiger charge is 2.27. The van der Waals surface area contributed by atoms with E-state index < -0.39 is 0 Å². The van der Waals surface area contributed by atoms with Gasteiger partial charge in [0.15, 0.2) is 11.5 Å². The Morgan fingerprint density at radius 1 is 0.395 bits per heavy atom. The van der Waals surface area contributed by atoms with Gasteiger partial charge in [-0.3, -0.25) is 0 Å². The molecule has 0 amide bonds. The fourth-order valence-electron chi connectivity index (χ4n) is 4.72. The van der Waals surface area contributed by atoms with Crippen LogP contribution < -0.4 is 14.2 Å². The number of hydrogen-bond acceptors (Lipinski definition) is 5. The van der Waals surface area contributed by atoms with Gasteiger partial charge in [0.05, 0.1) is 19.8 Å². The molecule has 0 spiro atoms. The van der Waals surface area contributed by atoms with Crippen LogP contribution in [0.2, 0.25) is 0 Å². The summed E-state index contributed by atoms with van der Waals surface area (Å²) in [4.78, 5) is 0. The van der Waals surface area contributed by atoms with Crippen LogP contribution in [0, 0.1) is 0 Å². The molecule has 0 unspecified atom stereocenters. The van der Waals surface area contributed by atoms with Crippen LogP contribution in [0.1, 0.15) is 155 Å². The molecule has 0 aliphatic rings. The highest BCUT2D eigenvalue weighted by Crippen LogP contribution is 2.53. The van der Waals surface area contributed by atoms with E-state index in [-0.39, 0.29) is 17.2 Å². The first-order valence-corrected chi connectivity index (χ1v) is 16.1. The third kappa shape index (κ3) is 13.8. The average Bonchev–Trinajstić information content (AvgIpc) is 2.92. The summed E-state index contributed by atoms with van der Waals surface area (Å²) < 4.78 is 18.7. The normalized spacial score (nSPS) is 11.2. The summed E-state index contributed by atoms with van der Waals surface area (Å²) in [5.74, 6) is 0.964. The molecular formula is C33H60O5. The van der Waals surface area contributed by atoms with Gasteiger partial charge in [-0.15, -0.1) is 0 Å². The summed E-state index contributed by atoms with van der Waals surface area (Å²) in [7, 11) is 0. The number of phenols is 2. The largest absolute Gasteiger partial charge is 0.504 e. The lowest BCUT2D eigenvalue weighted by Crippen LogP contribution is -2.09. The van der Waals surface area contributed by atoms with Crippen molar-refractivity contribution in [3.8, 4) is 28.7 Å². The molecule has 1 rings (SSSR count). The molecule has 2 N–H and O–H groups in total. The molecule has 0 aliphatic carbocycles. The first-order chi connectivity index (χ1) is 18.6. The molecule has 0 aliphatic heterocycles. The second-order valence-corrected chi connectivity index (χ2v) is 10.8. The number of rotatable bonds is 26.